The van der Waals surface area contributed by atoms with Gasteiger partial charge in [0.1, 0.15) is 11.7 Å². The molecule has 2 unspecified atom stereocenters. The topological polar surface area (TPSA) is 149 Å². The van der Waals surface area contributed by atoms with E-state index in [2.05, 4.69) is 27.0 Å². The number of nitriles is 1. The molecule has 1 aliphatic heterocycles. The summed E-state index contributed by atoms with van der Waals surface area (Å²) in [6, 6.07) is 10.8. The molecule has 30 heavy (non-hydrogen) atoms. The molecule has 2 heterocycles. The van der Waals surface area contributed by atoms with E-state index in [1.165, 1.54) is 13.2 Å². The number of methoxy groups -OCH3 is 1. The molecule has 0 radical (unpaired) electrons. The first-order valence-electron chi connectivity index (χ1n) is 8.62. The van der Waals surface area contributed by atoms with Crippen LogP contribution < -0.4 is 14.0 Å². The van der Waals surface area contributed by atoms with Crippen LogP contribution in [0.2, 0.25) is 0 Å². The van der Waals surface area contributed by atoms with E-state index in [1.54, 1.807) is 12.3 Å². The summed E-state index contributed by atoms with van der Waals surface area (Å²) >= 11 is 3.27. The van der Waals surface area contributed by atoms with Crippen LogP contribution in [0.25, 0.3) is 10.9 Å². The number of nitrogens with one attached hydrogen (secondary N) is 2. The molecule has 9 nitrogen and oxygen atoms in total. The van der Waals surface area contributed by atoms with Gasteiger partial charge in [-0.25, -0.2) is 4.57 Å². The van der Waals surface area contributed by atoms with Gasteiger partial charge in [0.05, 0.1) is 17.7 Å². The lowest BCUT2D eigenvalue weighted by molar-refractivity contribution is 0.275. The Kier molecular flexibility index (Phi) is 5.08. The molecule has 1 aliphatic rings. The molecule has 154 valence electrons. The minimum Gasteiger partial charge on any atom is -0.493 e. The molecular weight excluding hydrogens is 477 g/mol. The van der Waals surface area contributed by atoms with Crippen molar-refractivity contribution in [3.05, 3.63) is 52.1 Å². The number of aromatic nitrogens is 1. The fourth-order valence-electron chi connectivity index (χ4n) is 3.62. The molecule has 2 atom stereocenters. The Morgan fingerprint density at radius 3 is 2.77 bits per heavy atom. The highest BCUT2D eigenvalue weighted by molar-refractivity contribution is 9.10. The minimum atomic E-state index is -4.82. The van der Waals surface area contributed by atoms with E-state index >= 15 is 0 Å². The molecule has 2 aromatic carbocycles. The third kappa shape index (κ3) is 3.46. The number of hydrogen-bond acceptors (Lipinski definition) is 6. The summed E-state index contributed by atoms with van der Waals surface area (Å²) in [6.45, 7) is 0. The molecule has 0 saturated heterocycles. The van der Waals surface area contributed by atoms with Gasteiger partial charge in [0, 0.05) is 28.6 Å². The molecule has 0 spiro atoms. The summed E-state index contributed by atoms with van der Waals surface area (Å²) in [5, 5.41) is 18.8. The number of H-pyrrole nitrogens is 1. The van der Waals surface area contributed by atoms with Crippen molar-refractivity contribution in [3.63, 3.8) is 0 Å². The average Bonchev–Trinajstić information content (AvgIpc) is 3.16. The smallest absolute Gasteiger partial charge is 0.493 e. The van der Waals surface area contributed by atoms with Gasteiger partial charge < -0.3 is 19.0 Å². The molecule has 0 amide bonds. The zero-order valence-electron chi connectivity index (χ0n) is 15.4. The van der Waals surface area contributed by atoms with Crippen LogP contribution in [0.15, 0.2) is 41.0 Å². The summed E-state index contributed by atoms with van der Waals surface area (Å²) in [6.07, 6.45) is 1.76. The summed E-state index contributed by atoms with van der Waals surface area (Å²) in [4.78, 5) is 21.4. The van der Waals surface area contributed by atoms with Crippen LogP contribution in [0.5, 0.6) is 17.2 Å². The molecule has 11 heteroatoms. The Morgan fingerprint density at radius 2 is 2.10 bits per heavy atom. The number of nitrogens with zero attached hydrogens (tertiary/aromatic N) is 1. The van der Waals surface area contributed by atoms with E-state index in [-0.39, 0.29) is 21.9 Å². The number of phosphoric ester groups is 1. The van der Waals surface area contributed by atoms with Gasteiger partial charge in [0.2, 0.25) is 5.90 Å². The van der Waals surface area contributed by atoms with E-state index in [0.717, 1.165) is 10.9 Å². The first-order chi connectivity index (χ1) is 14.2. The van der Waals surface area contributed by atoms with Gasteiger partial charge in [0.25, 0.3) is 0 Å². The van der Waals surface area contributed by atoms with Gasteiger partial charge >= 0.3 is 7.82 Å². The Labute approximate surface area is 179 Å². The normalized spacial score (nSPS) is 18.4. The van der Waals surface area contributed by atoms with Crippen molar-refractivity contribution in [2.45, 2.75) is 5.92 Å². The molecule has 3 aromatic rings. The lowest BCUT2D eigenvalue weighted by atomic mass is 9.78. The quantitative estimate of drug-likeness (QED) is 0.402. The molecule has 4 rings (SSSR count). The number of hydrogen-bond donors (Lipinski definition) is 4. The summed E-state index contributed by atoms with van der Waals surface area (Å²) in [5.41, 5.74) is 2.13. The van der Waals surface area contributed by atoms with Crippen LogP contribution in [0.1, 0.15) is 17.0 Å². The van der Waals surface area contributed by atoms with E-state index < -0.39 is 19.7 Å². The maximum absolute atomic E-state index is 11.3. The van der Waals surface area contributed by atoms with E-state index in [1.807, 2.05) is 18.2 Å². The fourth-order valence-corrected chi connectivity index (χ4v) is 4.71. The van der Waals surface area contributed by atoms with Crippen molar-refractivity contribution in [2.75, 3.05) is 7.11 Å². The van der Waals surface area contributed by atoms with Gasteiger partial charge in [-0.1, -0.05) is 6.07 Å². The molecular formula is C19H15BrN3O6P. The Hall–Kier alpha value is -2.83. The second-order valence-corrected chi connectivity index (χ2v) is 8.61. The summed E-state index contributed by atoms with van der Waals surface area (Å²) in [5.74, 6) is -1.26. The number of fused-ring (bicyclic) bond motifs is 3. The van der Waals surface area contributed by atoms with E-state index in [9.17, 15) is 19.6 Å². The highest BCUT2D eigenvalue weighted by Crippen LogP contribution is 2.50. The summed E-state index contributed by atoms with van der Waals surface area (Å²) < 4.78 is 27.3. The van der Waals surface area contributed by atoms with Gasteiger partial charge in [-0.3, -0.25) is 15.2 Å². The average molecular weight is 492 g/mol. The Balaban J connectivity index is 1.92. The van der Waals surface area contributed by atoms with Gasteiger partial charge in [-0.05, 0) is 45.8 Å². The third-order valence-corrected chi connectivity index (χ3v) is 5.85. The Bertz CT molecular complexity index is 1260. The minimum absolute atomic E-state index is 0.0710. The highest BCUT2D eigenvalue weighted by atomic mass is 79.9. The fraction of sp³-hybridized carbons (Fsp3) is 0.158. The number of phosphoric acid groups is 1. The number of rotatable bonds is 4. The van der Waals surface area contributed by atoms with Crippen LogP contribution in [0, 0.1) is 22.7 Å². The Morgan fingerprint density at radius 1 is 1.33 bits per heavy atom. The lowest BCUT2D eigenvalue weighted by Gasteiger charge is -2.31. The first-order valence-corrected chi connectivity index (χ1v) is 10.9. The maximum atomic E-state index is 11.3. The van der Waals surface area contributed by atoms with Crippen molar-refractivity contribution in [1.82, 2.24) is 4.98 Å². The second kappa shape index (κ2) is 7.45. The molecule has 0 aliphatic carbocycles. The van der Waals surface area contributed by atoms with Crippen molar-refractivity contribution in [2.24, 2.45) is 5.92 Å². The van der Waals surface area contributed by atoms with Crippen LogP contribution in [-0.4, -0.2) is 27.8 Å². The van der Waals surface area contributed by atoms with Crippen LogP contribution >= 0.6 is 23.8 Å². The zero-order valence-corrected chi connectivity index (χ0v) is 17.9. The van der Waals surface area contributed by atoms with Crippen molar-refractivity contribution < 1.29 is 28.3 Å². The van der Waals surface area contributed by atoms with Crippen molar-refractivity contribution in [3.8, 4) is 23.3 Å². The SMILES string of the molecule is COc1cc(C2c3ccc4[nH]ccc4c3OC(=N)C2C#N)cc(Br)c1OP(=O)(O)O. The van der Waals surface area contributed by atoms with Crippen LogP contribution in [0.3, 0.4) is 0 Å². The van der Waals surface area contributed by atoms with E-state index in [0.29, 0.717) is 16.9 Å². The number of halogens is 1. The van der Waals surface area contributed by atoms with Crippen LogP contribution in [-0.2, 0) is 4.57 Å². The predicted molar refractivity (Wildman–Crippen MR) is 111 cm³/mol. The number of ether oxygens (including phenoxy) is 2. The molecule has 4 N–H and O–H groups in total. The van der Waals surface area contributed by atoms with Crippen LogP contribution in [0.4, 0.5) is 0 Å². The number of aromatic amines is 1. The van der Waals surface area contributed by atoms with Gasteiger partial charge in [-0.2, -0.15) is 5.26 Å². The third-order valence-electron chi connectivity index (χ3n) is 4.84. The number of benzene rings is 2. The highest BCUT2D eigenvalue weighted by Gasteiger charge is 2.38. The van der Waals surface area contributed by atoms with Crippen molar-refractivity contribution in [1.29, 1.82) is 10.7 Å². The molecule has 0 saturated carbocycles. The monoisotopic (exact) mass is 491 g/mol. The molecule has 0 bridgehead atoms. The molecule has 1 aromatic heterocycles. The van der Waals surface area contributed by atoms with Gasteiger partial charge in [0.15, 0.2) is 11.5 Å². The maximum Gasteiger partial charge on any atom is 0.524 e. The standard InChI is InChI=1S/C19H15BrN3O6P/c1-27-15-7-9(6-13(20)18(15)29-30(24,25)26)16-11-2-3-14-10(4-5-23-14)17(11)28-19(22)12(16)8-21/h2-7,12,16,22-23H,1H3,(H2,24,25,26). The summed E-state index contributed by atoms with van der Waals surface area (Å²) in [7, 11) is -3.49. The zero-order chi connectivity index (χ0) is 21.6. The van der Waals surface area contributed by atoms with E-state index in [4.69, 9.17) is 19.4 Å². The first kappa shape index (κ1) is 20.4. The van der Waals surface area contributed by atoms with Crippen molar-refractivity contribution >= 4 is 40.6 Å². The van der Waals surface area contributed by atoms with Gasteiger partial charge in [-0.15, -0.1) is 0 Å². The second-order valence-electron chi connectivity index (χ2n) is 6.59. The lowest BCUT2D eigenvalue weighted by Crippen LogP contribution is -2.31. The predicted octanol–water partition coefficient (Wildman–Crippen LogP) is 4.05. The molecule has 0 fully saturated rings. The largest absolute Gasteiger partial charge is 0.524 e.